The van der Waals surface area contributed by atoms with Crippen LogP contribution in [-0.2, 0) is 0 Å². The van der Waals surface area contributed by atoms with E-state index in [-0.39, 0.29) is 16.9 Å². The van der Waals surface area contributed by atoms with Crippen LogP contribution in [0.5, 0.6) is 0 Å². The summed E-state index contributed by atoms with van der Waals surface area (Å²) < 4.78 is 0. The fourth-order valence-electron chi connectivity index (χ4n) is 1.34. The number of fused-ring (bicyclic) bond motifs is 1. The van der Waals surface area contributed by atoms with Gasteiger partial charge in [-0.1, -0.05) is 12.1 Å². The molecule has 0 amide bonds. The van der Waals surface area contributed by atoms with Crippen LogP contribution in [0.4, 0.5) is 5.69 Å². The van der Waals surface area contributed by atoms with Crippen molar-refractivity contribution in [2.75, 3.05) is 0 Å². The highest BCUT2D eigenvalue weighted by molar-refractivity contribution is 5.87. The molecule has 0 spiro atoms. The van der Waals surface area contributed by atoms with E-state index in [0.29, 0.717) is 5.39 Å². The van der Waals surface area contributed by atoms with Crippen LogP contribution < -0.4 is 0 Å². The number of aromatic nitrogens is 1. The molecular weight excluding hydrogens is 194 g/mol. The highest BCUT2D eigenvalue weighted by atomic mass is 16.6. The first-order valence-electron chi connectivity index (χ1n) is 4.16. The lowest BCUT2D eigenvalue weighted by Crippen LogP contribution is -1.92. The number of pyridine rings is 1. The molecule has 0 radical (unpaired) electrons. The van der Waals surface area contributed by atoms with E-state index in [1.165, 1.54) is 12.1 Å². The average molecular weight is 199 g/mol. The first-order valence-corrected chi connectivity index (χ1v) is 4.16. The topological polar surface area (TPSA) is 79.8 Å². The van der Waals surface area contributed by atoms with Crippen molar-refractivity contribution < 1.29 is 4.92 Å². The zero-order valence-electron chi connectivity index (χ0n) is 7.54. The molecule has 0 unspecified atom stereocenters. The second-order valence-corrected chi connectivity index (χ2v) is 2.91. The number of para-hydroxylation sites is 1. The molecule has 0 fully saturated rings. The van der Waals surface area contributed by atoms with E-state index < -0.39 is 4.92 Å². The predicted molar refractivity (Wildman–Crippen MR) is 53.1 cm³/mol. The lowest BCUT2D eigenvalue weighted by molar-refractivity contribution is -0.383. The molecule has 5 heteroatoms. The van der Waals surface area contributed by atoms with Crippen molar-refractivity contribution in [3.8, 4) is 6.07 Å². The molecule has 2 rings (SSSR count). The largest absolute Gasteiger partial charge is 0.295 e. The Hall–Kier alpha value is -2.48. The number of hydrogen-bond donors (Lipinski definition) is 0. The van der Waals surface area contributed by atoms with Crippen molar-refractivity contribution in [2.45, 2.75) is 0 Å². The van der Waals surface area contributed by atoms with Crippen LogP contribution in [0.2, 0.25) is 0 Å². The van der Waals surface area contributed by atoms with Gasteiger partial charge in [0.15, 0.2) is 0 Å². The highest BCUT2D eigenvalue weighted by Gasteiger charge is 2.12. The molecule has 0 aliphatic rings. The van der Waals surface area contributed by atoms with Gasteiger partial charge in [0, 0.05) is 11.5 Å². The van der Waals surface area contributed by atoms with Gasteiger partial charge in [0.25, 0.3) is 5.69 Å². The molecule has 2 aromatic rings. The minimum absolute atomic E-state index is 0.0791. The van der Waals surface area contributed by atoms with Crippen LogP contribution in [0.1, 0.15) is 5.69 Å². The zero-order chi connectivity index (χ0) is 10.8. The van der Waals surface area contributed by atoms with Gasteiger partial charge in [0.05, 0.1) is 4.92 Å². The molecular formula is C10H5N3O2. The van der Waals surface area contributed by atoms with Crippen molar-refractivity contribution in [3.05, 3.63) is 46.1 Å². The molecule has 1 aromatic heterocycles. The fraction of sp³-hybridized carbons (Fsp3) is 0. The molecule has 0 atom stereocenters. The Kier molecular flexibility index (Phi) is 2.03. The smallest absolute Gasteiger partial charge is 0.258 e. The van der Waals surface area contributed by atoms with E-state index in [0.717, 1.165) is 0 Å². The summed E-state index contributed by atoms with van der Waals surface area (Å²) in [5.74, 6) is 0. The molecule has 0 aliphatic heterocycles. The van der Waals surface area contributed by atoms with E-state index in [2.05, 4.69) is 4.98 Å². The van der Waals surface area contributed by atoms with E-state index in [1.54, 1.807) is 18.2 Å². The van der Waals surface area contributed by atoms with Gasteiger partial charge in [-0.15, -0.1) is 0 Å². The quantitative estimate of drug-likeness (QED) is 0.519. The second-order valence-electron chi connectivity index (χ2n) is 2.91. The summed E-state index contributed by atoms with van der Waals surface area (Å²) in [6.45, 7) is 0. The van der Waals surface area contributed by atoms with Crippen molar-refractivity contribution in [3.63, 3.8) is 0 Å². The lowest BCUT2D eigenvalue weighted by Gasteiger charge is -1.98. The van der Waals surface area contributed by atoms with Gasteiger partial charge in [0.2, 0.25) is 0 Å². The van der Waals surface area contributed by atoms with Gasteiger partial charge in [0.1, 0.15) is 17.3 Å². The van der Waals surface area contributed by atoms with Crippen molar-refractivity contribution in [1.82, 2.24) is 4.98 Å². The van der Waals surface area contributed by atoms with Crippen molar-refractivity contribution >= 4 is 16.6 Å². The number of non-ortho nitro benzene ring substituents is 1. The maximum Gasteiger partial charge on any atom is 0.295 e. The number of nitrogens with zero attached hydrogens (tertiary/aromatic N) is 3. The summed E-state index contributed by atoms with van der Waals surface area (Å²) in [7, 11) is 0. The van der Waals surface area contributed by atoms with E-state index in [4.69, 9.17) is 5.26 Å². The summed E-state index contributed by atoms with van der Waals surface area (Å²) in [6, 6.07) is 9.71. The Morgan fingerprint density at radius 1 is 1.33 bits per heavy atom. The third-order valence-corrected chi connectivity index (χ3v) is 2.01. The lowest BCUT2D eigenvalue weighted by atomic mass is 10.2. The Bertz CT molecular complexity index is 587. The normalized spacial score (nSPS) is 9.80. The summed E-state index contributed by atoms with van der Waals surface area (Å²) in [5, 5.41) is 20.0. The van der Waals surface area contributed by atoms with Gasteiger partial charge in [-0.2, -0.15) is 5.26 Å². The van der Waals surface area contributed by atoms with Crippen molar-refractivity contribution in [1.29, 1.82) is 5.26 Å². The third kappa shape index (κ3) is 1.48. The maximum atomic E-state index is 10.7. The zero-order valence-corrected chi connectivity index (χ0v) is 7.54. The molecule has 0 bridgehead atoms. The van der Waals surface area contributed by atoms with Gasteiger partial charge in [-0.05, 0) is 12.1 Å². The van der Waals surface area contributed by atoms with Gasteiger partial charge in [-0.25, -0.2) is 4.98 Å². The molecule has 72 valence electrons. The minimum atomic E-state index is -0.503. The molecule has 0 saturated carbocycles. The second kappa shape index (κ2) is 3.35. The first-order chi connectivity index (χ1) is 7.22. The molecule has 0 N–H and O–H groups in total. The minimum Gasteiger partial charge on any atom is -0.258 e. The molecule has 1 aromatic carbocycles. The molecule has 1 heterocycles. The highest BCUT2D eigenvalue weighted by Crippen LogP contribution is 2.23. The van der Waals surface area contributed by atoms with Gasteiger partial charge >= 0.3 is 0 Å². The van der Waals surface area contributed by atoms with E-state index >= 15 is 0 Å². The van der Waals surface area contributed by atoms with Crippen LogP contribution in [-0.4, -0.2) is 9.91 Å². The number of benzene rings is 1. The predicted octanol–water partition coefficient (Wildman–Crippen LogP) is 2.01. The van der Waals surface area contributed by atoms with Crippen LogP contribution >= 0.6 is 0 Å². The Balaban J connectivity index is 2.83. The fourth-order valence-corrected chi connectivity index (χ4v) is 1.34. The number of rotatable bonds is 1. The molecule has 0 aliphatic carbocycles. The van der Waals surface area contributed by atoms with E-state index in [9.17, 15) is 10.1 Å². The Labute approximate surface area is 84.7 Å². The number of nitriles is 1. The maximum absolute atomic E-state index is 10.7. The monoisotopic (exact) mass is 199 g/mol. The van der Waals surface area contributed by atoms with Crippen LogP contribution in [0.15, 0.2) is 30.3 Å². The first kappa shape index (κ1) is 9.09. The summed E-state index contributed by atoms with van der Waals surface area (Å²) in [6.07, 6.45) is 0. The van der Waals surface area contributed by atoms with Crippen LogP contribution in [0.3, 0.4) is 0 Å². The summed E-state index contributed by atoms with van der Waals surface area (Å²) in [4.78, 5) is 14.1. The standard InChI is InChI=1S/C10H5N3O2/c11-6-8-5-4-7-2-1-3-9(13(14)15)10(7)12-8/h1-5H. The SMILES string of the molecule is N#Cc1ccc2cccc([N+](=O)[O-])c2n1. The number of hydrogen-bond acceptors (Lipinski definition) is 4. The Morgan fingerprint density at radius 3 is 2.80 bits per heavy atom. The molecule has 15 heavy (non-hydrogen) atoms. The van der Waals surface area contributed by atoms with Crippen molar-refractivity contribution in [2.24, 2.45) is 0 Å². The number of nitro benzene ring substituents is 1. The number of nitro groups is 1. The third-order valence-electron chi connectivity index (χ3n) is 2.01. The van der Waals surface area contributed by atoms with E-state index in [1.807, 2.05) is 6.07 Å². The molecule has 0 saturated heterocycles. The summed E-state index contributed by atoms with van der Waals surface area (Å²) >= 11 is 0. The van der Waals surface area contributed by atoms with Gasteiger partial charge < -0.3 is 0 Å². The average Bonchev–Trinajstić information content (AvgIpc) is 2.27. The summed E-state index contributed by atoms with van der Waals surface area (Å²) in [5.41, 5.74) is 0.350. The Morgan fingerprint density at radius 2 is 2.13 bits per heavy atom. The van der Waals surface area contributed by atoms with Crippen LogP contribution in [0, 0.1) is 21.4 Å². The van der Waals surface area contributed by atoms with Crippen LogP contribution in [0.25, 0.3) is 10.9 Å². The van der Waals surface area contributed by atoms with Gasteiger partial charge in [-0.3, -0.25) is 10.1 Å². The molecule has 5 nitrogen and oxygen atoms in total.